The van der Waals surface area contributed by atoms with Crippen LogP contribution in [0.5, 0.6) is 0 Å². The van der Waals surface area contributed by atoms with Gasteiger partial charge in [-0.3, -0.25) is 24.4 Å². The molecule has 244 valence electrons. The van der Waals surface area contributed by atoms with E-state index in [1.165, 1.54) is 4.31 Å². The Bertz CT molecular complexity index is 1350. The molecule has 1 fully saturated rings. The Kier molecular flexibility index (Phi) is 14.4. The van der Waals surface area contributed by atoms with Crippen LogP contribution in [0.1, 0.15) is 87.5 Å². The first-order valence-electron chi connectivity index (χ1n) is 15.2. The van der Waals surface area contributed by atoms with Gasteiger partial charge in [-0.2, -0.15) is 4.31 Å². The Balaban J connectivity index is 2.18. The van der Waals surface area contributed by atoms with Gasteiger partial charge in [0.05, 0.1) is 18.3 Å². The minimum atomic E-state index is -3.82. The number of rotatable bonds is 13. The number of hydrogen-bond donors (Lipinski definition) is 2. The third kappa shape index (κ3) is 11.3. The SMILES string of the molecule is CC/C=C\N=C(C)CS(=O)(=O)N1CC(=O)[C@@H](NC(=O)C(CC(C)C)NC(=O)C(OC2=C(C)N=CC=CC2)=C(C)C)CC[C@H]1C. The van der Waals surface area contributed by atoms with Gasteiger partial charge in [0.1, 0.15) is 17.6 Å². The molecule has 0 saturated carbocycles. The molecule has 12 heteroatoms. The predicted molar refractivity (Wildman–Crippen MR) is 174 cm³/mol. The van der Waals surface area contributed by atoms with Gasteiger partial charge in [-0.05, 0) is 77.9 Å². The minimum absolute atomic E-state index is 0.0518. The average Bonchev–Trinajstić information content (AvgIpc) is 3.22. The normalized spacial score (nSPS) is 20.8. The number of Topliss-reactive ketones (excluding diaryl/α,β-unsaturated/α-hetero) is 1. The molecule has 0 spiro atoms. The van der Waals surface area contributed by atoms with Crippen molar-refractivity contribution in [2.24, 2.45) is 15.9 Å². The van der Waals surface area contributed by atoms with Crippen molar-refractivity contribution in [1.29, 1.82) is 0 Å². The maximum absolute atomic E-state index is 13.5. The average molecular weight is 632 g/mol. The number of aliphatic imine (C=N–C) groups is 2. The third-order valence-electron chi connectivity index (χ3n) is 7.18. The number of ketones is 1. The second-order valence-electron chi connectivity index (χ2n) is 11.9. The van der Waals surface area contributed by atoms with E-state index >= 15 is 0 Å². The number of carbonyl (C=O) groups excluding carboxylic acids is 3. The first kappa shape index (κ1) is 36.8. The Hall–Kier alpha value is -3.38. The molecule has 1 saturated heterocycles. The second-order valence-corrected chi connectivity index (χ2v) is 13.8. The zero-order chi connectivity index (χ0) is 33.0. The van der Waals surface area contributed by atoms with Crippen LogP contribution in [-0.2, 0) is 29.1 Å². The molecule has 0 aliphatic carbocycles. The van der Waals surface area contributed by atoms with Crippen LogP contribution >= 0.6 is 0 Å². The molecule has 11 nitrogen and oxygen atoms in total. The summed E-state index contributed by atoms with van der Waals surface area (Å²) < 4.78 is 33.7. The molecule has 2 aliphatic heterocycles. The van der Waals surface area contributed by atoms with Gasteiger partial charge < -0.3 is 15.4 Å². The topological polar surface area (TPSA) is 147 Å². The smallest absolute Gasteiger partial charge is 0.287 e. The standard InChI is InChI=1S/C32H49N5O6S/c1-9-10-16-33-23(6)20-44(41,42)37-19-28(38)26(15-14-24(37)7)35-31(39)27(18-21(2)3)36-32(40)30(22(4)5)43-29-13-11-12-17-34-25(29)8/h10-12,16-17,21,24,26-27H,9,13-15,18-20H2,1-8H3,(H,35,39)(H,36,40)/b16-10-,33-23?/t24-,26+,27?/m1/s1. The number of allylic oxidation sites excluding steroid dienone is 5. The van der Waals surface area contributed by atoms with E-state index in [0.717, 1.165) is 6.42 Å². The quantitative estimate of drug-likeness (QED) is 0.176. The summed E-state index contributed by atoms with van der Waals surface area (Å²) in [6, 6.07) is -2.26. The van der Waals surface area contributed by atoms with E-state index < -0.39 is 45.7 Å². The summed E-state index contributed by atoms with van der Waals surface area (Å²) in [5.74, 6) is -1.10. The second kappa shape index (κ2) is 17.2. The fourth-order valence-electron chi connectivity index (χ4n) is 4.75. The van der Waals surface area contributed by atoms with E-state index in [9.17, 15) is 22.8 Å². The fourth-order valence-corrected chi connectivity index (χ4v) is 6.50. The zero-order valence-electron chi connectivity index (χ0n) is 27.3. The predicted octanol–water partition coefficient (Wildman–Crippen LogP) is 4.34. The number of hydrogen-bond acceptors (Lipinski definition) is 8. The molecule has 2 aliphatic rings. The van der Waals surface area contributed by atoms with Crippen LogP contribution in [0, 0.1) is 5.92 Å². The van der Waals surface area contributed by atoms with Crippen molar-refractivity contribution in [1.82, 2.24) is 14.9 Å². The maximum Gasteiger partial charge on any atom is 0.287 e. The van der Waals surface area contributed by atoms with Crippen LogP contribution in [0.3, 0.4) is 0 Å². The van der Waals surface area contributed by atoms with Crippen molar-refractivity contribution in [3.63, 3.8) is 0 Å². The molecule has 1 unspecified atom stereocenters. The molecule has 44 heavy (non-hydrogen) atoms. The van der Waals surface area contributed by atoms with Crippen molar-refractivity contribution >= 4 is 39.5 Å². The highest BCUT2D eigenvalue weighted by Crippen LogP contribution is 2.22. The van der Waals surface area contributed by atoms with Crippen LogP contribution in [0.2, 0.25) is 0 Å². The highest BCUT2D eigenvalue weighted by molar-refractivity contribution is 7.89. The Morgan fingerprint density at radius 2 is 1.93 bits per heavy atom. The van der Waals surface area contributed by atoms with E-state index in [1.807, 2.05) is 32.9 Å². The highest BCUT2D eigenvalue weighted by atomic mass is 32.2. The number of nitrogens with one attached hydrogen (secondary N) is 2. The lowest BCUT2D eigenvalue weighted by Crippen LogP contribution is -2.53. The van der Waals surface area contributed by atoms with Crippen molar-refractivity contribution < 1.29 is 27.5 Å². The molecular weight excluding hydrogens is 582 g/mol. The number of amides is 2. The van der Waals surface area contributed by atoms with E-state index in [-0.39, 0.29) is 30.4 Å². The number of ether oxygens (including phenoxy) is 1. The van der Waals surface area contributed by atoms with E-state index in [2.05, 4.69) is 20.6 Å². The molecule has 0 aromatic heterocycles. The van der Waals surface area contributed by atoms with Crippen LogP contribution in [0.15, 0.2) is 57.2 Å². The molecular formula is C32H49N5O6S. The summed E-state index contributed by atoms with van der Waals surface area (Å²) in [7, 11) is -3.82. The summed E-state index contributed by atoms with van der Waals surface area (Å²) in [5.41, 5.74) is 1.69. The molecule has 2 heterocycles. The number of nitrogens with zero attached hydrogens (tertiary/aromatic N) is 3. The Morgan fingerprint density at radius 1 is 1.23 bits per heavy atom. The van der Waals surface area contributed by atoms with Gasteiger partial charge in [0.15, 0.2) is 11.5 Å². The Morgan fingerprint density at radius 3 is 2.57 bits per heavy atom. The van der Waals surface area contributed by atoms with Crippen LogP contribution in [-0.4, -0.2) is 72.7 Å². The summed E-state index contributed by atoms with van der Waals surface area (Å²) >= 11 is 0. The van der Waals surface area contributed by atoms with Gasteiger partial charge in [-0.25, -0.2) is 8.42 Å². The van der Waals surface area contributed by atoms with Gasteiger partial charge in [-0.15, -0.1) is 0 Å². The van der Waals surface area contributed by atoms with Crippen molar-refractivity contribution in [2.75, 3.05) is 12.3 Å². The lowest BCUT2D eigenvalue weighted by atomic mass is 10.0. The first-order chi connectivity index (χ1) is 20.7. The van der Waals surface area contributed by atoms with E-state index in [4.69, 9.17) is 4.74 Å². The monoisotopic (exact) mass is 631 g/mol. The molecule has 0 aromatic carbocycles. The summed E-state index contributed by atoms with van der Waals surface area (Å²) in [6.07, 6.45) is 11.0. The molecule has 2 amide bonds. The van der Waals surface area contributed by atoms with Gasteiger partial charge in [0.2, 0.25) is 15.9 Å². The van der Waals surface area contributed by atoms with Crippen molar-refractivity contribution in [3.8, 4) is 0 Å². The van der Waals surface area contributed by atoms with E-state index in [0.29, 0.717) is 42.0 Å². The molecule has 3 atom stereocenters. The molecule has 0 bridgehead atoms. The fraction of sp³-hybridized carbons (Fsp3) is 0.594. The Labute approximate surface area is 262 Å². The summed E-state index contributed by atoms with van der Waals surface area (Å²) in [4.78, 5) is 48.7. The zero-order valence-corrected chi connectivity index (χ0v) is 28.2. The first-order valence-corrected chi connectivity index (χ1v) is 16.8. The molecule has 0 aromatic rings. The molecule has 0 radical (unpaired) electrons. The van der Waals surface area contributed by atoms with Crippen molar-refractivity contribution in [2.45, 2.75) is 106 Å². The lowest BCUT2D eigenvalue weighted by molar-refractivity contribution is -0.131. The maximum atomic E-state index is 13.5. The number of sulfonamides is 1. The van der Waals surface area contributed by atoms with Crippen LogP contribution < -0.4 is 10.6 Å². The number of carbonyl (C=O) groups is 3. The largest absolute Gasteiger partial charge is 0.454 e. The highest BCUT2D eigenvalue weighted by Gasteiger charge is 2.37. The molecule has 2 N–H and O–H groups in total. The van der Waals surface area contributed by atoms with E-state index in [1.54, 1.807) is 53.1 Å². The van der Waals surface area contributed by atoms with Crippen molar-refractivity contribution in [3.05, 3.63) is 47.2 Å². The summed E-state index contributed by atoms with van der Waals surface area (Å²) in [6.45, 7) is 14.2. The van der Waals surface area contributed by atoms with Gasteiger partial charge in [0, 0.05) is 30.6 Å². The van der Waals surface area contributed by atoms with Gasteiger partial charge in [0.25, 0.3) is 5.91 Å². The molecule has 2 rings (SSSR count). The third-order valence-corrected chi connectivity index (χ3v) is 9.16. The summed E-state index contributed by atoms with van der Waals surface area (Å²) in [5, 5.41) is 5.60. The van der Waals surface area contributed by atoms with Crippen LogP contribution in [0.25, 0.3) is 0 Å². The minimum Gasteiger partial charge on any atom is -0.454 e. The van der Waals surface area contributed by atoms with Crippen LogP contribution in [0.4, 0.5) is 0 Å². The van der Waals surface area contributed by atoms with Gasteiger partial charge >= 0.3 is 0 Å². The lowest BCUT2D eigenvalue weighted by Gasteiger charge is -2.25. The van der Waals surface area contributed by atoms with Gasteiger partial charge in [-0.1, -0.05) is 32.9 Å².